The molecule has 0 radical (unpaired) electrons. The predicted octanol–water partition coefficient (Wildman–Crippen LogP) is 6.31. The number of amides is 2. The second kappa shape index (κ2) is 12.4. The lowest BCUT2D eigenvalue weighted by molar-refractivity contribution is -0.143. The van der Waals surface area contributed by atoms with Crippen molar-refractivity contribution in [3.63, 3.8) is 0 Å². The van der Waals surface area contributed by atoms with E-state index in [0.29, 0.717) is 18.7 Å². The Morgan fingerprint density at radius 1 is 0.919 bits per heavy atom. The van der Waals surface area contributed by atoms with Crippen LogP contribution in [0.1, 0.15) is 48.6 Å². The number of carbonyl (C=O) groups excluding carboxylic acids is 2. The van der Waals surface area contributed by atoms with Crippen molar-refractivity contribution in [2.45, 2.75) is 66.1 Å². The van der Waals surface area contributed by atoms with Crippen molar-refractivity contribution in [2.24, 2.45) is 0 Å². The summed E-state index contributed by atoms with van der Waals surface area (Å²) in [5.41, 5.74) is 4.67. The molecule has 3 aromatic carbocycles. The van der Waals surface area contributed by atoms with Crippen molar-refractivity contribution in [1.82, 2.24) is 10.2 Å². The smallest absolute Gasteiger partial charge is 0.261 e. The topological polar surface area (TPSA) is 58.6 Å². The number of hydrogen-bond acceptors (Lipinski definition) is 3. The lowest BCUT2D eigenvalue weighted by Crippen LogP contribution is -2.55. The highest BCUT2D eigenvalue weighted by Gasteiger charge is 2.32. The Bertz CT molecular complexity index is 1210. The number of ether oxygens (including phenoxy) is 1. The molecule has 0 fully saturated rings. The fraction of sp³-hybridized carbons (Fsp3) is 0.355. The molecular formula is C31H37BrN2O3. The van der Waals surface area contributed by atoms with Crippen LogP contribution in [0.2, 0.25) is 0 Å². The maximum absolute atomic E-state index is 13.8. The zero-order valence-electron chi connectivity index (χ0n) is 22.6. The van der Waals surface area contributed by atoms with Crippen molar-refractivity contribution in [3.05, 3.63) is 99.0 Å². The average Bonchev–Trinajstić information content (AvgIpc) is 2.82. The van der Waals surface area contributed by atoms with E-state index in [9.17, 15) is 9.59 Å². The molecule has 5 nitrogen and oxygen atoms in total. The Hall–Kier alpha value is -3.12. The summed E-state index contributed by atoms with van der Waals surface area (Å²) in [6.07, 6.45) is 0.400. The molecule has 3 rings (SSSR count). The van der Waals surface area contributed by atoms with Gasteiger partial charge in [-0.3, -0.25) is 9.59 Å². The first-order valence-corrected chi connectivity index (χ1v) is 13.3. The number of hydrogen-bond donors (Lipinski definition) is 1. The predicted molar refractivity (Wildman–Crippen MR) is 153 cm³/mol. The van der Waals surface area contributed by atoms with Crippen LogP contribution in [0.25, 0.3) is 0 Å². The maximum atomic E-state index is 13.8. The zero-order valence-corrected chi connectivity index (χ0v) is 24.2. The van der Waals surface area contributed by atoms with E-state index < -0.39 is 11.6 Å². The molecule has 0 saturated heterocycles. The molecule has 1 unspecified atom stereocenters. The number of benzene rings is 3. The van der Waals surface area contributed by atoms with Gasteiger partial charge in [-0.15, -0.1) is 0 Å². The number of carbonyl (C=O) groups is 2. The highest BCUT2D eigenvalue weighted by Crippen LogP contribution is 2.26. The number of nitrogens with one attached hydrogen (secondary N) is 1. The first-order valence-electron chi connectivity index (χ1n) is 12.5. The van der Waals surface area contributed by atoms with Crippen LogP contribution >= 0.6 is 15.9 Å². The molecule has 196 valence electrons. The molecule has 3 aromatic rings. The van der Waals surface area contributed by atoms with Crippen LogP contribution in [-0.4, -0.2) is 34.9 Å². The van der Waals surface area contributed by atoms with Crippen molar-refractivity contribution >= 4 is 27.7 Å². The van der Waals surface area contributed by atoms with Crippen LogP contribution in [0.15, 0.2) is 71.2 Å². The first-order chi connectivity index (χ1) is 17.4. The van der Waals surface area contributed by atoms with Crippen LogP contribution in [-0.2, 0) is 22.6 Å². The molecule has 0 bridgehead atoms. The van der Waals surface area contributed by atoms with Gasteiger partial charge in [0.15, 0.2) is 6.61 Å². The van der Waals surface area contributed by atoms with Crippen molar-refractivity contribution < 1.29 is 14.3 Å². The van der Waals surface area contributed by atoms with Crippen LogP contribution < -0.4 is 10.1 Å². The van der Waals surface area contributed by atoms with Crippen LogP contribution in [0.4, 0.5) is 0 Å². The SMILES string of the molecule is Cc1cccc(CN(C(=O)COc2cc(C)c(Br)c(C)c2)C(Cc2ccccc2)C(=O)NC(C)(C)C)c1. The molecule has 0 spiro atoms. The third-order valence-corrected chi connectivity index (χ3v) is 7.23. The van der Waals surface area contributed by atoms with Crippen LogP contribution in [0.5, 0.6) is 5.75 Å². The monoisotopic (exact) mass is 564 g/mol. The van der Waals surface area contributed by atoms with E-state index in [1.165, 1.54) is 0 Å². The van der Waals surface area contributed by atoms with Gasteiger partial charge in [-0.1, -0.05) is 76.1 Å². The van der Waals surface area contributed by atoms with Crippen LogP contribution in [0, 0.1) is 20.8 Å². The summed E-state index contributed by atoms with van der Waals surface area (Å²) in [4.78, 5) is 29.0. The van der Waals surface area contributed by atoms with E-state index in [1.54, 1.807) is 4.90 Å². The minimum atomic E-state index is -0.702. The highest BCUT2D eigenvalue weighted by molar-refractivity contribution is 9.10. The van der Waals surface area contributed by atoms with Gasteiger partial charge in [0.05, 0.1) is 0 Å². The van der Waals surface area contributed by atoms with Gasteiger partial charge >= 0.3 is 0 Å². The zero-order chi connectivity index (χ0) is 27.2. The molecule has 0 heterocycles. The van der Waals surface area contributed by atoms with Gasteiger partial charge in [-0.2, -0.15) is 0 Å². The Labute approximate surface area is 229 Å². The second-order valence-corrected chi connectivity index (χ2v) is 11.4. The van der Waals surface area contributed by atoms with Gasteiger partial charge < -0.3 is 15.0 Å². The summed E-state index contributed by atoms with van der Waals surface area (Å²) in [5, 5.41) is 3.09. The lowest BCUT2D eigenvalue weighted by atomic mass is 10.0. The molecule has 1 N–H and O–H groups in total. The summed E-state index contributed by atoms with van der Waals surface area (Å²) in [5.74, 6) is 0.193. The lowest BCUT2D eigenvalue weighted by Gasteiger charge is -2.34. The largest absolute Gasteiger partial charge is 0.484 e. The molecule has 2 amide bonds. The molecular weight excluding hydrogens is 528 g/mol. The van der Waals surface area contributed by atoms with Crippen molar-refractivity contribution in [2.75, 3.05) is 6.61 Å². The first kappa shape index (κ1) is 28.5. The highest BCUT2D eigenvalue weighted by atomic mass is 79.9. The van der Waals surface area contributed by atoms with E-state index >= 15 is 0 Å². The van der Waals surface area contributed by atoms with Crippen LogP contribution in [0.3, 0.4) is 0 Å². The summed E-state index contributed by atoms with van der Waals surface area (Å²) in [6.45, 7) is 12.0. The van der Waals surface area contributed by atoms with Gasteiger partial charge in [0.25, 0.3) is 5.91 Å². The second-order valence-electron chi connectivity index (χ2n) is 10.6. The molecule has 37 heavy (non-hydrogen) atoms. The van der Waals surface area contributed by atoms with E-state index in [-0.39, 0.29) is 18.4 Å². The fourth-order valence-electron chi connectivity index (χ4n) is 4.23. The van der Waals surface area contributed by atoms with Gasteiger partial charge in [-0.05, 0) is 75.9 Å². The normalized spacial score (nSPS) is 12.1. The standard InChI is InChI=1S/C31H37BrN2O3/c1-21-11-10-14-25(15-21)19-34(28(35)20-37-26-16-22(2)29(32)23(3)17-26)27(30(36)33-31(4,5)6)18-24-12-8-7-9-13-24/h7-17,27H,18-20H2,1-6H3,(H,33,36). The Kier molecular flexibility index (Phi) is 9.55. The summed E-state index contributed by atoms with van der Waals surface area (Å²) < 4.78 is 6.99. The third-order valence-electron chi connectivity index (χ3n) is 5.98. The Morgan fingerprint density at radius 2 is 1.54 bits per heavy atom. The van der Waals surface area contributed by atoms with Crippen molar-refractivity contribution in [1.29, 1.82) is 0 Å². The van der Waals surface area contributed by atoms with E-state index in [0.717, 1.165) is 32.3 Å². The summed E-state index contributed by atoms with van der Waals surface area (Å²) in [6, 6.07) is 20.9. The van der Waals surface area contributed by atoms with Crippen molar-refractivity contribution in [3.8, 4) is 5.75 Å². The molecule has 1 atom stereocenters. The quantitative estimate of drug-likeness (QED) is 0.331. The minimum Gasteiger partial charge on any atom is -0.484 e. The van der Waals surface area contributed by atoms with E-state index in [4.69, 9.17) is 4.74 Å². The van der Waals surface area contributed by atoms with Gasteiger partial charge in [0, 0.05) is 23.0 Å². The molecule has 0 aliphatic carbocycles. The molecule has 0 aliphatic rings. The van der Waals surface area contributed by atoms with E-state index in [1.807, 2.05) is 108 Å². The fourth-order valence-corrected chi connectivity index (χ4v) is 4.46. The Morgan fingerprint density at radius 3 is 2.14 bits per heavy atom. The summed E-state index contributed by atoms with van der Waals surface area (Å²) >= 11 is 3.57. The molecule has 0 aromatic heterocycles. The number of nitrogens with zero attached hydrogens (tertiary/aromatic N) is 1. The molecule has 0 aliphatic heterocycles. The Balaban J connectivity index is 1.94. The van der Waals surface area contributed by atoms with Gasteiger partial charge in [-0.25, -0.2) is 0 Å². The number of rotatable bonds is 9. The number of aryl methyl sites for hydroxylation is 3. The third kappa shape index (κ3) is 8.46. The summed E-state index contributed by atoms with van der Waals surface area (Å²) in [7, 11) is 0. The number of halogens is 1. The maximum Gasteiger partial charge on any atom is 0.261 e. The molecule has 0 saturated carbocycles. The van der Waals surface area contributed by atoms with E-state index in [2.05, 4.69) is 21.2 Å². The minimum absolute atomic E-state index is 0.166. The van der Waals surface area contributed by atoms with Gasteiger partial charge in [0.1, 0.15) is 11.8 Å². The average molecular weight is 566 g/mol. The molecule has 6 heteroatoms. The van der Waals surface area contributed by atoms with Gasteiger partial charge in [0.2, 0.25) is 5.91 Å².